The van der Waals surface area contributed by atoms with Gasteiger partial charge < -0.3 is 4.74 Å². The molecule has 0 spiro atoms. The molecule has 1 aromatic rings. The fourth-order valence-corrected chi connectivity index (χ4v) is 3.38. The maximum Gasteiger partial charge on any atom is 0.116 e. The molecule has 1 aromatic carbocycles. The van der Waals surface area contributed by atoms with Crippen LogP contribution in [0.3, 0.4) is 0 Å². The lowest BCUT2D eigenvalue weighted by Gasteiger charge is -2.36. The van der Waals surface area contributed by atoms with Crippen LogP contribution in [-0.4, -0.2) is 19.0 Å². The zero-order valence-electron chi connectivity index (χ0n) is 8.46. The molecule has 2 heterocycles. The van der Waals surface area contributed by atoms with Gasteiger partial charge in [0.15, 0.2) is 0 Å². The fraction of sp³-hybridized carbons (Fsp3) is 0.500. The molecule has 2 aliphatic heterocycles. The highest BCUT2D eigenvalue weighted by Gasteiger charge is 2.38. The van der Waals surface area contributed by atoms with E-state index in [4.69, 9.17) is 16.3 Å². The van der Waals surface area contributed by atoms with Gasteiger partial charge in [-0.25, -0.2) is 0 Å². The van der Waals surface area contributed by atoms with Crippen molar-refractivity contribution >= 4 is 23.4 Å². The molecule has 0 unspecified atom stereocenters. The average molecular weight is 241 g/mol. The zero-order valence-corrected chi connectivity index (χ0v) is 10.0. The molecule has 0 saturated carbocycles. The standard InChI is InChI=1S/C12H13ClOS/c13-12(7-14-8-12)10-3-4-11-9(6-10)2-1-5-15-11/h3-4,6H,1-2,5,7-8H2. The molecule has 0 N–H and O–H groups in total. The smallest absolute Gasteiger partial charge is 0.116 e. The molecule has 0 amide bonds. The number of rotatable bonds is 1. The summed E-state index contributed by atoms with van der Waals surface area (Å²) in [7, 11) is 0. The second kappa shape index (κ2) is 3.69. The van der Waals surface area contributed by atoms with Gasteiger partial charge in [0.2, 0.25) is 0 Å². The van der Waals surface area contributed by atoms with Crippen molar-refractivity contribution < 1.29 is 4.74 Å². The number of fused-ring (bicyclic) bond motifs is 1. The Hall–Kier alpha value is -0.180. The Morgan fingerprint density at radius 2 is 2.20 bits per heavy atom. The number of halogens is 1. The Morgan fingerprint density at radius 1 is 1.33 bits per heavy atom. The van der Waals surface area contributed by atoms with Crippen molar-refractivity contribution in [2.75, 3.05) is 19.0 Å². The van der Waals surface area contributed by atoms with Crippen LogP contribution in [0.1, 0.15) is 17.5 Å². The number of alkyl halides is 1. The highest BCUT2D eigenvalue weighted by Crippen LogP contribution is 2.39. The molecule has 3 rings (SSSR count). The average Bonchev–Trinajstić information content (AvgIpc) is 2.25. The van der Waals surface area contributed by atoms with Crippen LogP contribution >= 0.6 is 23.4 Å². The van der Waals surface area contributed by atoms with Crippen LogP contribution in [0.15, 0.2) is 23.1 Å². The van der Waals surface area contributed by atoms with Gasteiger partial charge in [0, 0.05) is 4.90 Å². The summed E-state index contributed by atoms with van der Waals surface area (Å²) >= 11 is 8.40. The first kappa shape index (κ1) is 10.0. The van der Waals surface area contributed by atoms with Gasteiger partial charge in [0.1, 0.15) is 4.87 Å². The molecule has 1 saturated heterocycles. The second-order valence-corrected chi connectivity index (χ2v) is 6.09. The first-order valence-corrected chi connectivity index (χ1v) is 6.67. The lowest BCUT2D eigenvalue weighted by Crippen LogP contribution is -2.41. The van der Waals surface area contributed by atoms with Gasteiger partial charge in [-0.3, -0.25) is 0 Å². The minimum atomic E-state index is -0.239. The highest BCUT2D eigenvalue weighted by atomic mass is 35.5. The normalized spacial score (nSPS) is 23.0. The van der Waals surface area contributed by atoms with Gasteiger partial charge in [0.05, 0.1) is 13.2 Å². The Balaban J connectivity index is 1.97. The number of thioether (sulfide) groups is 1. The molecule has 1 fully saturated rings. The van der Waals surface area contributed by atoms with Crippen molar-refractivity contribution in [2.24, 2.45) is 0 Å². The van der Waals surface area contributed by atoms with E-state index in [-0.39, 0.29) is 4.87 Å². The van der Waals surface area contributed by atoms with Gasteiger partial charge in [-0.05, 0) is 35.8 Å². The molecule has 0 atom stereocenters. The van der Waals surface area contributed by atoms with E-state index in [0.29, 0.717) is 13.2 Å². The van der Waals surface area contributed by atoms with Crippen LogP contribution in [0.5, 0.6) is 0 Å². The summed E-state index contributed by atoms with van der Waals surface area (Å²) in [6.07, 6.45) is 2.48. The summed E-state index contributed by atoms with van der Waals surface area (Å²) in [6, 6.07) is 6.65. The van der Waals surface area contributed by atoms with Crippen LogP contribution in [0.2, 0.25) is 0 Å². The van der Waals surface area contributed by atoms with E-state index in [0.717, 1.165) is 0 Å². The molecule has 1 nitrogen and oxygen atoms in total. The number of hydrogen-bond acceptors (Lipinski definition) is 2. The second-order valence-electron chi connectivity index (χ2n) is 4.23. The first-order chi connectivity index (χ1) is 7.28. The van der Waals surface area contributed by atoms with Crippen molar-refractivity contribution in [3.8, 4) is 0 Å². The van der Waals surface area contributed by atoms with Crippen LogP contribution in [0.4, 0.5) is 0 Å². The molecule has 0 bridgehead atoms. The molecule has 0 aromatic heterocycles. The lowest BCUT2D eigenvalue weighted by molar-refractivity contribution is -0.0152. The Morgan fingerprint density at radius 3 is 2.93 bits per heavy atom. The van der Waals surface area contributed by atoms with Gasteiger partial charge in [-0.1, -0.05) is 12.1 Å². The molecule has 80 valence electrons. The monoisotopic (exact) mass is 240 g/mol. The Kier molecular flexibility index (Phi) is 2.46. The third-order valence-electron chi connectivity index (χ3n) is 3.09. The van der Waals surface area contributed by atoms with Crippen LogP contribution < -0.4 is 0 Å². The summed E-state index contributed by atoms with van der Waals surface area (Å²) in [5.74, 6) is 1.25. The SMILES string of the molecule is ClC1(c2ccc3c(c2)CCCS3)COC1. The molecule has 15 heavy (non-hydrogen) atoms. The van der Waals surface area contributed by atoms with Crippen LogP contribution in [-0.2, 0) is 16.0 Å². The van der Waals surface area contributed by atoms with E-state index < -0.39 is 0 Å². The maximum absolute atomic E-state index is 6.44. The van der Waals surface area contributed by atoms with Gasteiger partial charge >= 0.3 is 0 Å². The molecule has 3 heteroatoms. The summed E-state index contributed by atoms with van der Waals surface area (Å²) in [5.41, 5.74) is 2.70. The number of aryl methyl sites for hydroxylation is 1. The van der Waals surface area contributed by atoms with Gasteiger partial charge in [-0.15, -0.1) is 23.4 Å². The van der Waals surface area contributed by atoms with Gasteiger partial charge in [-0.2, -0.15) is 0 Å². The summed E-state index contributed by atoms with van der Waals surface area (Å²) in [4.78, 5) is 1.20. The van der Waals surface area contributed by atoms with Crippen LogP contribution in [0.25, 0.3) is 0 Å². The highest BCUT2D eigenvalue weighted by molar-refractivity contribution is 7.99. The van der Waals surface area contributed by atoms with E-state index >= 15 is 0 Å². The zero-order chi connectivity index (χ0) is 10.3. The molecule has 0 radical (unpaired) electrons. The Bertz CT molecular complexity index is 387. The van der Waals surface area contributed by atoms with Crippen molar-refractivity contribution in [3.63, 3.8) is 0 Å². The molecular weight excluding hydrogens is 228 g/mol. The number of hydrogen-bond donors (Lipinski definition) is 0. The Labute approximate surface area is 99.1 Å². The van der Waals surface area contributed by atoms with E-state index in [1.807, 2.05) is 11.8 Å². The summed E-state index contributed by atoms with van der Waals surface area (Å²) < 4.78 is 5.20. The van der Waals surface area contributed by atoms with Gasteiger partial charge in [0.25, 0.3) is 0 Å². The molecule has 0 aliphatic carbocycles. The number of benzene rings is 1. The third kappa shape index (κ3) is 1.69. The van der Waals surface area contributed by atoms with E-state index in [9.17, 15) is 0 Å². The van der Waals surface area contributed by atoms with E-state index in [2.05, 4.69) is 18.2 Å². The van der Waals surface area contributed by atoms with Crippen molar-refractivity contribution in [3.05, 3.63) is 29.3 Å². The van der Waals surface area contributed by atoms with Crippen LogP contribution in [0, 0.1) is 0 Å². The predicted octanol–water partition coefficient (Wildman–Crippen LogP) is 3.19. The van der Waals surface area contributed by atoms with E-state index in [1.165, 1.54) is 34.6 Å². The van der Waals surface area contributed by atoms with Crippen molar-refractivity contribution in [1.82, 2.24) is 0 Å². The summed E-state index contributed by atoms with van der Waals surface area (Å²) in [6.45, 7) is 1.31. The third-order valence-corrected chi connectivity index (χ3v) is 4.73. The molecular formula is C12H13ClOS. The minimum absolute atomic E-state index is 0.239. The topological polar surface area (TPSA) is 9.23 Å². The first-order valence-electron chi connectivity index (χ1n) is 5.31. The predicted molar refractivity (Wildman–Crippen MR) is 63.8 cm³/mol. The van der Waals surface area contributed by atoms with Crippen molar-refractivity contribution in [1.29, 1.82) is 0 Å². The quantitative estimate of drug-likeness (QED) is 0.698. The number of ether oxygens (including phenoxy) is 1. The fourth-order valence-electron chi connectivity index (χ4n) is 2.09. The summed E-state index contributed by atoms with van der Waals surface area (Å²) in [5, 5.41) is 0. The van der Waals surface area contributed by atoms with Crippen molar-refractivity contribution in [2.45, 2.75) is 22.6 Å². The maximum atomic E-state index is 6.44. The molecule has 2 aliphatic rings. The van der Waals surface area contributed by atoms with E-state index in [1.54, 1.807) is 0 Å². The minimum Gasteiger partial charge on any atom is -0.377 e. The lowest BCUT2D eigenvalue weighted by atomic mass is 9.94. The largest absolute Gasteiger partial charge is 0.377 e.